The summed E-state index contributed by atoms with van der Waals surface area (Å²) in [5.41, 5.74) is 3.67. The third-order valence-corrected chi connectivity index (χ3v) is 7.75. The molecule has 1 aliphatic carbocycles. The molecule has 0 atom stereocenters. The first-order chi connectivity index (χ1) is 17.4. The van der Waals surface area contributed by atoms with Gasteiger partial charge in [-0.2, -0.15) is 4.98 Å². The SMILES string of the molecule is CS(=O)(=O)c1ccc(-c2cccc3nc(Nc4ccc(C(=O)NCC5CCCCC5)cc4)nn23)cc1. The van der Waals surface area contributed by atoms with Crippen molar-refractivity contribution in [3.63, 3.8) is 0 Å². The van der Waals surface area contributed by atoms with E-state index in [4.69, 9.17) is 0 Å². The van der Waals surface area contributed by atoms with Crippen LogP contribution in [0.25, 0.3) is 16.9 Å². The van der Waals surface area contributed by atoms with E-state index < -0.39 is 9.84 Å². The van der Waals surface area contributed by atoms with Crippen molar-refractivity contribution in [2.45, 2.75) is 37.0 Å². The highest BCUT2D eigenvalue weighted by molar-refractivity contribution is 7.90. The van der Waals surface area contributed by atoms with Crippen molar-refractivity contribution in [1.29, 1.82) is 0 Å². The molecule has 1 saturated carbocycles. The Labute approximate surface area is 210 Å². The molecule has 36 heavy (non-hydrogen) atoms. The number of hydrogen-bond donors (Lipinski definition) is 2. The zero-order chi connectivity index (χ0) is 25.1. The van der Waals surface area contributed by atoms with E-state index in [2.05, 4.69) is 20.7 Å². The number of nitrogens with one attached hydrogen (secondary N) is 2. The first-order valence-electron chi connectivity index (χ1n) is 12.2. The second kappa shape index (κ2) is 10.1. The highest BCUT2D eigenvalue weighted by atomic mass is 32.2. The molecule has 2 N–H and O–H groups in total. The van der Waals surface area contributed by atoms with E-state index in [1.165, 1.54) is 38.4 Å². The third kappa shape index (κ3) is 5.41. The number of nitrogens with zero attached hydrogens (tertiary/aromatic N) is 3. The van der Waals surface area contributed by atoms with E-state index in [1.54, 1.807) is 40.9 Å². The maximum atomic E-state index is 12.5. The smallest absolute Gasteiger partial charge is 0.251 e. The lowest BCUT2D eigenvalue weighted by Crippen LogP contribution is -2.30. The standard InChI is InChI=1S/C27H29N5O3S/c1-36(34,35)23-16-12-20(13-17-23)24-8-5-9-25-30-27(31-32(24)25)29-22-14-10-21(11-15-22)26(33)28-18-19-6-3-2-4-7-19/h5,8-17,19H,2-4,6-7,18H2,1H3,(H,28,33)(H,29,31). The van der Waals surface area contributed by atoms with Crippen molar-refractivity contribution >= 4 is 33.0 Å². The fourth-order valence-corrected chi connectivity index (χ4v) is 5.24. The molecular formula is C27H29N5O3S. The average Bonchev–Trinajstić information content (AvgIpc) is 3.30. The van der Waals surface area contributed by atoms with Crippen LogP contribution in [-0.2, 0) is 9.84 Å². The zero-order valence-electron chi connectivity index (χ0n) is 20.1. The number of rotatable bonds is 7. The molecular weight excluding hydrogens is 474 g/mol. The minimum Gasteiger partial charge on any atom is -0.352 e. The van der Waals surface area contributed by atoms with E-state index >= 15 is 0 Å². The lowest BCUT2D eigenvalue weighted by Gasteiger charge is -2.21. The number of carbonyl (C=O) groups is 1. The summed E-state index contributed by atoms with van der Waals surface area (Å²) in [6, 6.07) is 19.6. The normalized spacial score (nSPS) is 14.6. The van der Waals surface area contributed by atoms with E-state index in [9.17, 15) is 13.2 Å². The summed E-state index contributed by atoms with van der Waals surface area (Å²) in [5.74, 6) is 0.960. The van der Waals surface area contributed by atoms with Gasteiger partial charge in [0, 0.05) is 29.6 Å². The van der Waals surface area contributed by atoms with Crippen molar-refractivity contribution < 1.29 is 13.2 Å². The average molecular weight is 504 g/mol. The molecule has 5 rings (SSSR count). The summed E-state index contributed by atoms with van der Waals surface area (Å²) in [7, 11) is -3.26. The van der Waals surface area contributed by atoms with Gasteiger partial charge in [0.2, 0.25) is 5.95 Å². The Morgan fingerprint density at radius 1 is 0.972 bits per heavy atom. The first-order valence-corrected chi connectivity index (χ1v) is 14.1. The molecule has 0 unspecified atom stereocenters. The van der Waals surface area contributed by atoms with Crippen molar-refractivity contribution in [2.24, 2.45) is 5.92 Å². The summed E-state index contributed by atoms with van der Waals surface area (Å²) in [4.78, 5) is 17.4. The minimum absolute atomic E-state index is 0.0514. The van der Waals surface area contributed by atoms with Gasteiger partial charge in [0.1, 0.15) is 0 Å². The molecule has 0 saturated heterocycles. The Bertz CT molecular complexity index is 1470. The summed E-state index contributed by atoms with van der Waals surface area (Å²) in [6.07, 6.45) is 7.41. The van der Waals surface area contributed by atoms with Gasteiger partial charge in [0.25, 0.3) is 5.91 Å². The van der Waals surface area contributed by atoms with Gasteiger partial charge >= 0.3 is 0 Å². The molecule has 8 nitrogen and oxygen atoms in total. The van der Waals surface area contributed by atoms with Crippen molar-refractivity contribution in [2.75, 3.05) is 18.1 Å². The number of benzene rings is 2. The quantitative estimate of drug-likeness (QED) is 0.373. The summed E-state index contributed by atoms with van der Waals surface area (Å²) < 4.78 is 25.3. The number of fused-ring (bicyclic) bond motifs is 1. The largest absolute Gasteiger partial charge is 0.352 e. The lowest BCUT2D eigenvalue weighted by atomic mass is 9.89. The third-order valence-electron chi connectivity index (χ3n) is 6.62. The van der Waals surface area contributed by atoms with Crippen molar-refractivity contribution in [3.8, 4) is 11.3 Å². The van der Waals surface area contributed by atoms with Crippen LogP contribution in [0.15, 0.2) is 71.6 Å². The molecule has 0 radical (unpaired) electrons. The van der Waals surface area contributed by atoms with Crippen molar-refractivity contribution in [1.82, 2.24) is 19.9 Å². The second-order valence-corrected chi connectivity index (χ2v) is 11.3. The predicted octanol–water partition coefficient (Wildman–Crippen LogP) is 4.85. The first kappa shape index (κ1) is 24.0. The van der Waals surface area contributed by atoms with E-state index in [0.29, 0.717) is 23.1 Å². The van der Waals surface area contributed by atoms with Gasteiger partial charge in [-0.15, -0.1) is 5.10 Å². The molecule has 0 aliphatic heterocycles. The van der Waals surface area contributed by atoms with Gasteiger partial charge in [-0.3, -0.25) is 4.79 Å². The topological polar surface area (TPSA) is 105 Å². The second-order valence-electron chi connectivity index (χ2n) is 9.33. The molecule has 1 fully saturated rings. The maximum absolute atomic E-state index is 12.5. The molecule has 1 amide bonds. The number of aromatic nitrogens is 3. The molecule has 1 aliphatic rings. The van der Waals surface area contributed by atoms with Crippen LogP contribution in [0.3, 0.4) is 0 Å². The molecule has 0 spiro atoms. The van der Waals surface area contributed by atoms with E-state index in [1.807, 2.05) is 30.3 Å². The van der Waals surface area contributed by atoms with Crippen LogP contribution in [0.2, 0.25) is 0 Å². The fourth-order valence-electron chi connectivity index (χ4n) is 4.61. The molecule has 9 heteroatoms. The van der Waals surface area contributed by atoms with Crippen LogP contribution >= 0.6 is 0 Å². The van der Waals surface area contributed by atoms with Gasteiger partial charge < -0.3 is 10.6 Å². The Morgan fingerprint density at radius 2 is 1.69 bits per heavy atom. The number of amides is 1. The Hall–Kier alpha value is -3.72. The fraction of sp³-hybridized carbons (Fsp3) is 0.296. The summed E-state index contributed by atoms with van der Waals surface area (Å²) in [6.45, 7) is 0.739. The highest BCUT2D eigenvalue weighted by Crippen LogP contribution is 2.24. The number of hydrogen-bond acceptors (Lipinski definition) is 6. The monoisotopic (exact) mass is 503 g/mol. The number of anilines is 2. The van der Waals surface area contributed by atoms with Crippen LogP contribution in [0, 0.1) is 5.92 Å². The molecule has 0 bridgehead atoms. The lowest BCUT2D eigenvalue weighted by molar-refractivity contribution is 0.0943. The van der Waals surface area contributed by atoms with Crippen LogP contribution in [0.1, 0.15) is 42.5 Å². The predicted molar refractivity (Wildman–Crippen MR) is 140 cm³/mol. The molecule has 2 aromatic heterocycles. The van der Waals surface area contributed by atoms with Crippen LogP contribution in [-0.4, -0.2) is 41.7 Å². The van der Waals surface area contributed by atoms with E-state index in [0.717, 1.165) is 23.5 Å². The number of sulfone groups is 1. The van der Waals surface area contributed by atoms with Crippen LogP contribution in [0.4, 0.5) is 11.6 Å². The van der Waals surface area contributed by atoms with Gasteiger partial charge in [-0.25, -0.2) is 12.9 Å². The maximum Gasteiger partial charge on any atom is 0.251 e. The van der Waals surface area contributed by atoms with Gasteiger partial charge in [0.15, 0.2) is 15.5 Å². The Morgan fingerprint density at radius 3 is 2.39 bits per heavy atom. The number of carbonyl (C=O) groups excluding carboxylic acids is 1. The van der Waals surface area contributed by atoms with Gasteiger partial charge in [-0.05, 0) is 67.3 Å². The van der Waals surface area contributed by atoms with Gasteiger partial charge in [0.05, 0.1) is 10.6 Å². The van der Waals surface area contributed by atoms with Crippen LogP contribution < -0.4 is 10.6 Å². The Balaban J connectivity index is 1.28. The molecule has 2 aromatic carbocycles. The van der Waals surface area contributed by atoms with Crippen molar-refractivity contribution in [3.05, 3.63) is 72.3 Å². The number of pyridine rings is 1. The summed E-state index contributed by atoms with van der Waals surface area (Å²) in [5, 5.41) is 10.9. The molecule has 186 valence electrons. The van der Waals surface area contributed by atoms with E-state index in [-0.39, 0.29) is 10.8 Å². The van der Waals surface area contributed by atoms with Gasteiger partial charge in [-0.1, -0.05) is 37.5 Å². The minimum atomic E-state index is -3.26. The Kier molecular flexibility index (Phi) is 6.73. The zero-order valence-corrected chi connectivity index (χ0v) is 21.0. The highest BCUT2D eigenvalue weighted by Gasteiger charge is 2.15. The molecule has 4 aromatic rings. The molecule has 2 heterocycles. The van der Waals surface area contributed by atoms with Crippen LogP contribution in [0.5, 0.6) is 0 Å². The summed E-state index contributed by atoms with van der Waals surface area (Å²) >= 11 is 0.